The summed E-state index contributed by atoms with van der Waals surface area (Å²) in [6.45, 7) is 6.60. The van der Waals surface area contributed by atoms with Gasteiger partial charge in [0.1, 0.15) is 0 Å². The second-order valence-corrected chi connectivity index (χ2v) is 4.38. The first-order chi connectivity index (χ1) is 8.18. The molecule has 3 heteroatoms. The Morgan fingerprint density at radius 1 is 0.941 bits per heavy atom. The average Bonchev–Trinajstić information content (AvgIpc) is 2.31. The molecule has 0 bridgehead atoms. The third-order valence-corrected chi connectivity index (χ3v) is 2.57. The van der Waals surface area contributed by atoms with E-state index in [1.807, 2.05) is 0 Å². The van der Waals surface area contributed by atoms with E-state index in [0.717, 1.165) is 25.9 Å². The van der Waals surface area contributed by atoms with Gasteiger partial charge < -0.3 is 9.47 Å². The van der Waals surface area contributed by atoms with E-state index in [2.05, 4.69) is 6.58 Å². The lowest BCUT2D eigenvalue weighted by atomic mass is 10.1. The maximum absolute atomic E-state index is 11.0. The number of methoxy groups -OCH3 is 1. The van der Waals surface area contributed by atoms with Crippen LogP contribution in [0.5, 0.6) is 0 Å². The first kappa shape index (κ1) is 16.2. The van der Waals surface area contributed by atoms with Crippen LogP contribution in [0.3, 0.4) is 0 Å². The second kappa shape index (κ2) is 11.6. The van der Waals surface area contributed by atoms with Gasteiger partial charge in [-0.1, -0.05) is 38.7 Å². The average molecular weight is 242 g/mol. The lowest BCUT2D eigenvalue weighted by molar-refractivity contribution is -0.139. The Balaban J connectivity index is 3.08. The van der Waals surface area contributed by atoms with Crippen LogP contribution in [-0.2, 0) is 14.3 Å². The zero-order valence-electron chi connectivity index (χ0n) is 11.3. The van der Waals surface area contributed by atoms with Crippen molar-refractivity contribution in [3.8, 4) is 0 Å². The third-order valence-electron chi connectivity index (χ3n) is 2.57. The molecule has 100 valence electrons. The quantitative estimate of drug-likeness (QED) is 0.316. The van der Waals surface area contributed by atoms with Crippen LogP contribution in [0.25, 0.3) is 0 Å². The minimum Gasteiger partial charge on any atom is -0.462 e. The summed E-state index contributed by atoms with van der Waals surface area (Å²) in [4.78, 5) is 11.0. The Hall–Kier alpha value is -0.830. The van der Waals surface area contributed by atoms with Gasteiger partial charge in [-0.3, -0.25) is 0 Å². The smallest absolute Gasteiger partial charge is 0.333 e. The monoisotopic (exact) mass is 242 g/mol. The summed E-state index contributed by atoms with van der Waals surface area (Å²) >= 11 is 0. The lowest BCUT2D eigenvalue weighted by Gasteiger charge is -2.04. The number of carbonyl (C=O) groups is 1. The summed E-state index contributed by atoms with van der Waals surface area (Å²) in [5.74, 6) is -0.274. The molecule has 0 aromatic rings. The SMILES string of the molecule is C=C(C)C(=O)OCCCCCCCCCOC. The van der Waals surface area contributed by atoms with Crippen LogP contribution >= 0.6 is 0 Å². The molecule has 3 nitrogen and oxygen atoms in total. The van der Waals surface area contributed by atoms with Crippen molar-refractivity contribution in [1.29, 1.82) is 0 Å². The van der Waals surface area contributed by atoms with Gasteiger partial charge in [0.2, 0.25) is 0 Å². The second-order valence-electron chi connectivity index (χ2n) is 4.38. The van der Waals surface area contributed by atoms with Crippen molar-refractivity contribution in [2.24, 2.45) is 0 Å². The van der Waals surface area contributed by atoms with Crippen molar-refractivity contribution < 1.29 is 14.3 Å². The van der Waals surface area contributed by atoms with Crippen LogP contribution in [-0.4, -0.2) is 26.3 Å². The topological polar surface area (TPSA) is 35.5 Å². The zero-order chi connectivity index (χ0) is 12.9. The molecule has 0 heterocycles. The summed E-state index contributed by atoms with van der Waals surface area (Å²) in [6.07, 6.45) is 8.25. The third kappa shape index (κ3) is 11.4. The number of hydrogen-bond acceptors (Lipinski definition) is 3. The van der Waals surface area contributed by atoms with E-state index in [1.165, 1.54) is 25.7 Å². The predicted molar refractivity (Wildman–Crippen MR) is 70.0 cm³/mol. The highest BCUT2D eigenvalue weighted by Gasteiger charge is 2.01. The van der Waals surface area contributed by atoms with E-state index >= 15 is 0 Å². The van der Waals surface area contributed by atoms with Crippen molar-refractivity contribution in [3.63, 3.8) is 0 Å². The molecule has 0 saturated carbocycles. The molecular formula is C14H26O3. The van der Waals surface area contributed by atoms with E-state index < -0.39 is 0 Å². The molecule has 0 atom stereocenters. The molecule has 0 unspecified atom stereocenters. The number of unbranched alkanes of at least 4 members (excludes halogenated alkanes) is 6. The molecule has 0 spiro atoms. The highest BCUT2D eigenvalue weighted by atomic mass is 16.5. The van der Waals surface area contributed by atoms with Crippen LogP contribution in [0.15, 0.2) is 12.2 Å². The van der Waals surface area contributed by atoms with E-state index in [1.54, 1.807) is 14.0 Å². The van der Waals surface area contributed by atoms with E-state index in [-0.39, 0.29) is 5.97 Å². The fourth-order valence-corrected chi connectivity index (χ4v) is 1.52. The lowest BCUT2D eigenvalue weighted by Crippen LogP contribution is -2.05. The van der Waals surface area contributed by atoms with Crippen molar-refractivity contribution in [1.82, 2.24) is 0 Å². The minimum absolute atomic E-state index is 0.274. The molecule has 0 amide bonds. The molecule has 17 heavy (non-hydrogen) atoms. The summed E-state index contributed by atoms with van der Waals surface area (Å²) in [7, 11) is 1.74. The van der Waals surface area contributed by atoms with Crippen LogP contribution < -0.4 is 0 Å². The Labute approximate surface area is 105 Å². The highest BCUT2D eigenvalue weighted by Crippen LogP contribution is 2.07. The number of rotatable bonds is 11. The fraction of sp³-hybridized carbons (Fsp3) is 0.786. The molecule has 0 fully saturated rings. The van der Waals surface area contributed by atoms with Gasteiger partial charge in [0, 0.05) is 19.3 Å². The molecule has 0 saturated heterocycles. The minimum atomic E-state index is -0.274. The molecule has 0 aromatic carbocycles. The molecule has 0 N–H and O–H groups in total. The van der Waals surface area contributed by atoms with Gasteiger partial charge in [-0.15, -0.1) is 0 Å². The van der Waals surface area contributed by atoms with Crippen molar-refractivity contribution in [2.75, 3.05) is 20.3 Å². The van der Waals surface area contributed by atoms with Crippen molar-refractivity contribution >= 4 is 5.97 Å². The summed E-state index contributed by atoms with van der Waals surface area (Å²) in [6, 6.07) is 0. The van der Waals surface area contributed by atoms with Gasteiger partial charge in [-0.2, -0.15) is 0 Å². The number of esters is 1. The largest absolute Gasteiger partial charge is 0.462 e. The van der Waals surface area contributed by atoms with Crippen LogP contribution in [0.1, 0.15) is 51.9 Å². The Bertz CT molecular complexity index is 212. The summed E-state index contributed by atoms with van der Waals surface area (Å²) < 4.78 is 10.00. The molecule has 0 aromatic heterocycles. The molecule has 0 aliphatic heterocycles. The Morgan fingerprint density at radius 3 is 1.88 bits per heavy atom. The first-order valence-electron chi connectivity index (χ1n) is 6.50. The van der Waals surface area contributed by atoms with E-state index in [4.69, 9.17) is 9.47 Å². The van der Waals surface area contributed by atoms with E-state index in [0.29, 0.717) is 12.2 Å². The standard InChI is InChI=1S/C14H26O3/c1-13(2)14(15)17-12-10-8-6-4-5-7-9-11-16-3/h1,4-12H2,2-3H3. The van der Waals surface area contributed by atoms with Gasteiger partial charge in [0.15, 0.2) is 0 Å². The normalized spacial score (nSPS) is 10.2. The van der Waals surface area contributed by atoms with Gasteiger partial charge >= 0.3 is 5.97 Å². The maximum Gasteiger partial charge on any atom is 0.333 e. The van der Waals surface area contributed by atoms with Gasteiger partial charge in [-0.25, -0.2) is 4.79 Å². The summed E-state index contributed by atoms with van der Waals surface area (Å²) in [5.41, 5.74) is 0.475. The van der Waals surface area contributed by atoms with Gasteiger partial charge in [-0.05, 0) is 19.8 Å². The zero-order valence-corrected chi connectivity index (χ0v) is 11.3. The first-order valence-corrected chi connectivity index (χ1v) is 6.50. The predicted octanol–water partition coefficient (Wildman–Crippen LogP) is 3.48. The van der Waals surface area contributed by atoms with Gasteiger partial charge in [0.25, 0.3) is 0 Å². The number of ether oxygens (including phenoxy) is 2. The van der Waals surface area contributed by atoms with Crippen LogP contribution in [0, 0.1) is 0 Å². The maximum atomic E-state index is 11.0. The van der Waals surface area contributed by atoms with Crippen molar-refractivity contribution in [3.05, 3.63) is 12.2 Å². The molecule has 0 aliphatic rings. The molecule has 0 rings (SSSR count). The molecular weight excluding hydrogens is 216 g/mol. The van der Waals surface area contributed by atoms with Crippen molar-refractivity contribution in [2.45, 2.75) is 51.9 Å². The molecule has 0 radical (unpaired) electrons. The van der Waals surface area contributed by atoms with Crippen LogP contribution in [0.2, 0.25) is 0 Å². The molecule has 0 aliphatic carbocycles. The summed E-state index contributed by atoms with van der Waals surface area (Å²) in [5, 5.41) is 0. The number of carbonyl (C=O) groups excluding carboxylic acids is 1. The highest BCUT2D eigenvalue weighted by molar-refractivity contribution is 5.86. The van der Waals surface area contributed by atoms with Crippen LogP contribution in [0.4, 0.5) is 0 Å². The Morgan fingerprint density at radius 2 is 1.41 bits per heavy atom. The Kier molecular flexibility index (Phi) is 11.1. The number of hydrogen-bond donors (Lipinski definition) is 0. The van der Waals surface area contributed by atoms with E-state index in [9.17, 15) is 4.79 Å². The fourth-order valence-electron chi connectivity index (χ4n) is 1.52. The van der Waals surface area contributed by atoms with Gasteiger partial charge in [0.05, 0.1) is 6.61 Å².